The van der Waals surface area contributed by atoms with Crippen LogP contribution in [0.25, 0.3) is 0 Å². The molecule has 1 aromatic rings. The highest BCUT2D eigenvalue weighted by molar-refractivity contribution is 5.31. The van der Waals surface area contributed by atoms with E-state index >= 15 is 0 Å². The van der Waals surface area contributed by atoms with Gasteiger partial charge in [-0.15, -0.1) is 0 Å². The zero-order chi connectivity index (χ0) is 12.8. The smallest absolute Gasteiger partial charge is 0.119 e. The Kier molecular flexibility index (Phi) is 4.44. The Hall–Kier alpha value is -1.26. The molecule has 1 aliphatic heterocycles. The van der Waals surface area contributed by atoms with Gasteiger partial charge in [0.05, 0.1) is 7.11 Å². The summed E-state index contributed by atoms with van der Waals surface area (Å²) < 4.78 is 10.8. The van der Waals surface area contributed by atoms with Crippen molar-refractivity contribution in [2.24, 2.45) is 0 Å². The first-order chi connectivity index (χ1) is 8.72. The van der Waals surface area contributed by atoms with Crippen LogP contribution in [-0.2, 0) is 0 Å². The van der Waals surface area contributed by atoms with Crippen LogP contribution in [0.5, 0.6) is 11.5 Å². The van der Waals surface area contributed by atoms with Crippen LogP contribution in [0.3, 0.4) is 0 Å². The zero-order valence-electron chi connectivity index (χ0n) is 11.2. The first-order valence-electron chi connectivity index (χ1n) is 6.44. The highest BCUT2D eigenvalue weighted by atomic mass is 16.5. The maximum Gasteiger partial charge on any atom is 0.119 e. The second-order valence-corrected chi connectivity index (χ2v) is 4.94. The molecule has 0 radical (unpaired) electrons. The molecule has 4 nitrogen and oxygen atoms in total. The van der Waals surface area contributed by atoms with E-state index in [0.717, 1.165) is 31.1 Å². The minimum absolute atomic E-state index is 0.225. The number of rotatable bonds is 6. The molecular weight excluding hydrogens is 228 g/mol. The average molecular weight is 250 g/mol. The minimum atomic E-state index is 0.225. The molecule has 1 fully saturated rings. The van der Waals surface area contributed by atoms with Crippen LogP contribution in [0, 0.1) is 0 Å². The van der Waals surface area contributed by atoms with Crippen molar-refractivity contribution in [3.8, 4) is 11.5 Å². The SMILES string of the molecule is COc1ccc(OCCNC2(C)CCNC2)cc1. The largest absolute Gasteiger partial charge is 0.497 e. The molecule has 100 valence electrons. The van der Waals surface area contributed by atoms with E-state index < -0.39 is 0 Å². The molecule has 2 rings (SSSR count). The molecule has 0 aromatic heterocycles. The summed E-state index contributed by atoms with van der Waals surface area (Å²) in [5, 5.41) is 6.91. The third kappa shape index (κ3) is 3.62. The van der Waals surface area contributed by atoms with E-state index in [-0.39, 0.29) is 5.54 Å². The van der Waals surface area contributed by atoms with Crippen molar-refractivity contribution < 1.29 is 9.47 Å². The van der Waals surface area contributed by atoms with Crippen molar-refractivity contribution in [2.45, 2.75) is 18.9 Å². The fraction of sp³-hybridized carbons (Fsp3) is 0.571. The van der Waals surface area contributed by atoms with Gasteiger partial charge in [0.2, 0.25) is 0 Å². The summed E-state index contributed by atoms with van der Waals surface area (Å²) >= 11 is 0. The molecule has 0 amide bonds. The molecule has 1 unspecified atom stereocenters. The van der Waals surface area contributed by atoms with E-state index in [1.807, 2.05) is 24.3 Å². The topological polar surface area (TPSA) is 42.5 Å². The van der Waals surface area contributed by atoms with Gasteiger partial charge < -0.3 is 20.1 Å². The van der Waals surface area contributed by atoms with Crippen LogP contribution in [0.4, 0.5) is 0 Å². The van der Waals surface area contributed by atoms with Gasteiger partial charge in [-0.05, 0) is 44.2 Å². The monoisotopic (exact) mass is 250 g/mol. The predicted octanol–water partition coefficient (Wildman–Crippen LogP) is 1.42. The normalized spacial score (nSPS) is 23.0. The number of ether oxygens (including phenoxy) is 2. The van der Waals surface area contributed by atoms with Crippen LogP contribution in [0.1, 0.15) is 13.3 Å². The fourth-order valence-electron chi connectivity index (χ4n) is 2.16. The van der Waals surface area contributed by atoms with Crippen LogP contribution in [0.15, 0.2) is 24.3 Å². The summed E-state index contributed by atoms with van der Waals surface area (Å²) in [6.45, 7) is 5.94. The van der Waals surface area contributed by atoms with Gasteiger partial charge in [-0.3, -0.25) is 0 Å². The Morgan fingerprint density at radius 1 is 1.28 bits per heavy atom. The average Bonchev–Trinajstić information content (AvgIpc) is 2.83. The van der Waals surface area contributed by atoms with E-state index in [1.54, 1.807) is 7.11 Å². The van der Waals surface area contributed by atoms with Crippen LogP contribution in [-0.4, -0.2) is 38.9 Å². The Morgan fingerprint density at radius 3 is 2.61 bits per heavy atom. The molecule has 1 heterocycles. The fourth-order valence-corrected chi connectivity index (χ4v) is 2.16. The summed E-state index contributed by atoms with van der Waals surface area (Å²) in [7, 11) is 1.66. The summed E-state index contributed by atoms with van der Waals surface area (Å²) in [5.41, 5.74) is 0.225. The number of methoxy groups -OCH3 is 1. The molecule has 1 saturated heterocycles. The van der Waals surface area contributed by atoms with E-state index in [2.05, 4.69) is 17.6 Å². The Labute approximate surface area is 109 Å². The number of hydrogen-bond donors (Lipinski definition) is 2. The Bertz CT molecular complexity index is 359. The van der Waals surface area contributed by atoms with Gasteiger partial charge in [0.1, 0.15) is 18.1 Å². The summed E-state index contributed by atoms with van der Waals surface area (Å²) in [6.07, 6.45) is 1.18. The van der Waals surface area contributed by atoms with Crippen molar-refractivity contribution in [1.29, 1.82) is 0 Å². The lowest BCUT2D eigenvalue weighted by atomic mass is 10.0. The van der Waals surface area contributed by atoms with Crippen molar-refractivity contribution in [2.75, 3.05) is 33.4 Å². The van der Waals surface area contributed by atoms with Gasteiger partial charge in [0.15, 0.2) is 0 Å². The first kappa shape index (κ1) is 13.2. The van der Waals surface area contributed by atoms with E-state index in [9.17, 15) is 0 Å². The molecule has 1 aromatic carbocycles. The predicted molar refractivity (Wildman–Crippen MR) is 72.4 cm³/mol. The van der Waals surface area contributed by atoms with Gasteiger partial charge in [0.25, 0.3) is 0 Å². The highest BCUT2D eigenvalue weighted by Gasteiger charge is 2.27. The number of benzene rings is 1. The molecule has 0 aliphatic carbocycles. The lowest BCUT2D eigenvalue weighted by Gasteiger charge is -2.24. The third-order valence-corrected chi connectivity index (χ3v) is 3.35. The minimum Gasteiger partial charge on any atom is -0.497 e. The van der Waals surface area contributed by atoms with Crippen LogP contribution in [0.2, 0.25) is 0 Å². The molecule has 18 heavy (non-hydrogen) atoms. The summed E-state index contributed by atoms with van der Waals surface area (Å²) in [5.74, 6) is 1.73. The molecular formula is C14H22N2O2. The molecule has 2 N–H and O–H groups in total. The van der Waals surface area contributed by atoms with Crippen LogP contribution >= 0.6 is 0 Å². The van der Waals surface area contributed by atoms with Gasteiger partial charge >= 0.3 is 0 Å². The van der Waals surface area contributed by atoms with Gasteiger partial charge in [-0.25, -0.2) is 0 Å². The van der Waals surface area contributed by atoms with Crippen molar-refractivity contribution in [3.05, 3.63) is 24.3 Å². The molecule has 0 bridgehead atoms. The van der Waals surface area contributed by atoms with Crippen molar-refractivity contribution >= 4 is 0 Å². The second-order valence-electron chi connectivity index (χ2n) is 4.94. The van der Waals surface area contributed by atoms with E-state index in [1.165, 1.54) is 6.42 Å². The lowest BCUT2D eigenvalue weighted by molar-refractivity contribution is 0.283. The number of nitrogens with one attached hydrogen (secondary N) is 2. The summed E-state index contributed by atoms with van der Waals surface area (Å²) in [4.78, 5) is 0. The third-order valence-electron chi connectivity index (χ3n) is 3.35. The second kappa shape index (κ2) is 6.07. The lowest BCUT2D eigenvalue weighted by Crippen LogP contribution is -2.45. The highest BCUT2D eigenvalue weighted by Crippen LogP contribution is 2.17. The molecule has 1 atom stereocenters. The van der Waals surface area contributed by atoms with Crippen LogP contribution < -0.4 is 20.1 Å². The van der Waals surface area contributed by atoms with Crippen molar-refractivity contribution in [1.82, 2.24) is 10.6 Å². The Morgan fingerprint density at radius 2 is 2.00 bits per heavy atom. The first-order valence-corrected chi connectivity index (χ1v) is 6.44. The quantitative estimate of drug-likeness (QED) is 0.749. The molecule has 1 aliphatic rings. The van der Waals surface area contributed by atoms with E-state index in [0.29, 0.717) is 6.61 Å². The van der Waals surface area contributed by atoms with Gasteiger partial charge in [-0.1, -0.05) is 0 Å². The zero-order valence-corrected chi connectivity index (χ0v) is 11.2. The van der Waals surface area contributed by atoms with Crippen molar-refractivity contribution in [3.63, 3.8) is 0 Å². The Balaban J connectivity index is 1.68. The molecule has 0 spiro atoms. The molecule has 4 heteroatoms. The summed E-state index contributed by atoms with van der Waals surface area (Å²) in [6, 6.07) is 7.67. The standard InChI is InChI=1S/C14H22N2O2/c1-14(7-8-15-11-14)16-9-10-18-13-5-3-12(17-2)4-6-13/h3-6,15-16H,7-11H2,1-2H3. The van der Waals surface area contributed by atoms with E-state index in [4.69, 9.17) is 9.47 Å². The van der Waals surface area contributed by atoms with Gasteiger partial charge in [-0.2, -0.15) is 0 Å². The van der Waals surface area contributed by atoms with Gasteiger partial charge in [0, 0.05) is 18.6 Å². The molecule has 0 saturated carbocycles. The maximum atomic E-state index is 5.67. The number of hydrogen-bond acceptors (Lipinski definition) is 4. The maximum absolute atomic E-state index is 5.67.